The fourth-order valence-corrected chi connectivity index (χ4v) is 6.18. The Morgan fingerprint density at radius 2 is 1.85 bits per heavy atom. The quantitative estimate of drug-likeness (QED) is 0.477. The lowest BCUT2D eigenvalue weighted by molar-refractivity contribution is -0.130. The molecular formula is C30H33N3O5S. The summed E-state index contributed by atoms with van der Waals surface area (Å²) >= 11 is 0. The standard InChI is InChI=1S/C30H33N3O5S/c1-22-19-33(23(2)21-34)39(36,37)29-15-14-25(13-12-24-9-5-4-6-10-24)17-27(29)38-28(22)20-32(3)30(35)18-26-11-7-8-16-31-26/h4-11,14-17,22-23,28,34H,18-21H2,1-3H3/t22-,23-,28-/m0/s1. The number of rotatable bonds is 6. The van der Waals surface area contributed by atoms with Gasteiger partial charge in [0, 0.05) is 48.6 Å². The highest BCUT2D eigenvalue weighted by molar-refractivity contribution is 7.89. The predicted octanol–water partition coefficient (Wildman–Crippen LogP) is 2.95. The monoisotopic (exact) mass is 547 g/mol. The van der Waals surface area contributed by atoms with E-state index >= 15 is 0 Å². The van der Waals surface area contributed by atoms with Crippen LogP contribution in [-0.4, -0.2) is 72.5 Å². The average molecular weight is 548 g/mol. The third-order valence-electron chi connectivity index (χ3n) is 6.73. The molecular weight excluding hydrogens is 514 g/mol. The van der Waals surface area contributed by atoms with Crippen LogP contribution >= 0.6 is 0 Å². The first kappa shape index (κ1) is 28.3. The molecule has 0 saturated carbocycles. The Kier molecular flexibility index (Phi) is 9.02. The SMILES string of the molecule is C[C@H]1CN([C@@H](C)CO)S(=O)(=O)c2ccc(C#Cc3ccccc3)cc2O[C@H]1CN(C)C(=O)Cc1ccccn1. The molecule has 0 unspecified atom stereocenters. The van der Waals surface area contributed by atoms with Gasteiger partial charge < -0.3 is 14.7 Å². The van der Waals surface area contributed by atoms with E-state index in [1.807, 2.05) is 43.3 Å². The van der Waals surface area contributed by atoms with Crippen molar-refractivity contribution in [3.63, 3.8) is 0 Å². The van der Waals surface area contributed by atoms with Crippen molar-refractivity contribution >= 4 is 15.9 Å². The zero-order valence-corrected chi connectivity index (χ0v) is 23.1. The number of aliphatic hydroxyl groups excluding tert-OH is 1. The van der Waals surface area contributed by atoms with Gasteiger partial charge in [-0.25, -0.2) is 8.42 Å². The van der Waals surface area contributed by atoms with E-state index in [2.05, 4.69) is 16.8 Å². The number of aromatic nitrogens is 1. The number of carbonyl (C=O) groups excluding carboxylic acids is 1. The molecule has 0 fully saturated rings. The van der Waals surface area contributed by atoms with Crippen molar-refractivity contribution in [1.29, 1.82) is 0 Å². The summed E-state index contributed by atoms with van der Waals surface area (Å²) in [7, 11) is -2.27. The fraction of sp³-hybridized carbons (Fsp3) is 0.333. The Morgan fingerprint density at radius 3 is 2.54 bits per heavy atom. The van der Waals surface area contributed by atoms with E-state index in [0.29, 0.717) is 11.3 Å². The molecule has 1 amide bonds. The number of amides is 1. The summed E-state index contributed by atoms with van der Waals surface area (Å²) < 4.78 is 35.0. The van der Waals surface area contributed by atoms with Crippen LogP contribution in [0.15, 0.2) is 77.8 Å². The van der Waals surface area contributed by atoms with Gasteiger partial charge in [-0.05, 0) is 49.4 Å². The van der Waals surface area contributed by atoms with Crippen LogP contribution in [-0.2, 0) is 21.2 Å². The minimum Gasteiger partial charge on any atom is -0.487 e. The lowest BCUT2D eigenvalue weighted by Crippen LogP contribution is -2.50. The molecule has 8 nitrogen and oxygen atoms in total. The van der Waals surface area contributed by atoms with Crippen molar-refractivity contribution in [1.82, 2.24) is 14.2 Å². The summed E-state index contributed by atoms with van der Waals surface area (Å²) in [5.41, 5.74) is 2.10. The number of hydrogen-bond acceptors (Lipinski definition) is 6. The van der Waals surface area contributed by atoms with Gasteiger partial charge in [0.2, 0.25) is 15.9 Å². The van der Waals surface area contributed by atoms with Crippen LogP contribution in [0.3, 0.4) is 0 Å². The van der Waals surface area contributed by atoms with Gasteiger partial charge in [0.1, 0.15) is 16.7 Å². The number of benzene rings is 2. The topological polar surface area (TPSA) is 100 Å². The van der Waals surface area contributed by atoms with Crippen LogP contribution in [0, 0.1) is 17.8 Å². The summed E-state index contributed by atoms with van der Waals surface area (Å²) in [6, 6.07) is 19.1. The molecule has 9 heteroatoms. The van der Waals surface area contributed by atoms with Gasteiger partial charge >= 0.3 is 0 Å². The molecule has 4 rings (SSSR count). The van der Waals surface area contributed by atoms with E-state index in [1.54, 1.807) is 49.3 Å². The molecule has 39 heavy (non-hydrogen) atoms. The maximum absolute atomic E-state index is 13.7. The van der Waals surface area contributed by atoms with Crippen molar-refractivity contribution in [2.75, 3.05) is 26.7 Å². The summed E-state index contributed by atoms with van der Waals surface area (Å²) in [4.78, 5) is 18.8. The molecule has 0 saturated heterocycles. The van der Waals surface area contributed by atoms with E-state index in [1.165, 1.54) is 10.4 Å². The molecule has 204 valence electrons. The van der Waals surface area contributed by atoms with E-state index in [0.717, 1.165) is 5.56 Å². The predicted molar refractivity (Wildman–Crippen MR) is 148 cm³/mol. The number of likely N-dealkylation sites (N-methyl/N-ethyl adjacent to an activating group) is 1. The zero-order chi connectivity index (χ0) is 28.0. The highest BCUT2D eigenvalue weighted by Gasteiger charge is 2.38. The van der Waals surface area contributed by atoms with Gasteiger partial charge in [-0.3, -0.25) is 9.78 Å². The molecule has 0 bridgehead atoms. The molecule has 1 N–H and O–H groups in total. The average Bonchev–Trinajstić information content (AvgIpc) is 2.94. The molecule has 3 aromatic rings. The Balaban J connectivity index is 1.67. The minimum absolute atomic E-state index is 0.00688. The van der Waals surface area contributed by atoms with Gasteiger partial charge in [0.15, 0.2) is 0 Å². The summed E-state index contributed by atoms with van der Waals surface area (Å²) in [6.45, 7) is 3.61. The van der Waals surface area contributed by atoms with Crippen molar-refractivity contribution in [2.24, 2.45) is 5.92 Å². The van der Waals surface area contributed by atoms with Gasteiger partial charge in [-0.15, -0.1) is 0 Å². The Hall–Kier alpha value is -3.71. The zero-order valence-electron chi connectivity index (χ0n) is 22.3. The van der Waals surface area contributed by atoms with Crippen LogP contribution in [0.5, 0.6) is 5.75 Å². The van der Waals surface area contributed by atoms with E-state index in [-0.39, 0.29) is 48.6 Å². The molecule has 1 aromatic heterocycles. The molecule has 0 aliphatic carbocycles. The smallest absolute Gasteiger partial charge is 0.247 e. The second-order valence-electron chi connectivity index (χ2n) is 9.79. The van der Waals surface area contributed by atoms with Gasteiger partial charge in [-0.2, -0.15) is 4.31 Å². The van der Waals surface area contributed by atoms with E-state index in [9.17, 15) is 18.3 Å². The minimum atomic E-state index is -3.97. The van der Waals surface area contributed by atoms with Crippen LogP contribution in [0.4, 0.5) is 0 Å². The molecule has 1 aliphatic rings. The first-order chi connectivity index (χ1) is 18.7. The van der Waals surface area contributed by atoms with E-state index in [4.69, 9.17) is 4.74 Å². The fourth-order valence-electron chi connectivity index (χ4n) is 4.35. The largest absolute Gasteiger partial charge is 0.487 e. The van der Waals surface area contributed by atoms with Crippen LogP contribution < -0.4 is 4.74 Å². The van der Waals surface area contributed by atoms with Crippen molar-refractivity contribution in [3.8, 4) is 17.6 Å². The van der Waals surface area contributed by atoms with Crippen molar-refractivity contribution in [2.45, 2.75) is 37.3 Å². The Bertz CT molecular complexity index is 1450. The Morgan fingerprint density at radius 1 is 1.13 bits per heavy atom. The van der Waals surface area contributed by atoms with Crippen LogP contribution in [0.25, 0.3) is 0 Å². The summed E-state index contributed by atoms with van der Waals surface area (Å²) in [5, 5.41) is 9.85. The lowest BCUT2D eigenvalue weighted by Gasteiger charge is -2.37. The van der Waals surface area contributed by atoms with Crippen molar-refractivity contribution in [3.05, 3.63) is 89.7 Å². The number of sulfonamides is 1. The molecule has 3 atom stereocenters. The third-order valence-corrected chi connectivity index (χ3v) is 8.75. The molecule has 2 aromatic carbocycles. The third kappa shape index (κ3) is 6.84. The van der Waals surface area contributed by atoms with Crippen molar-refractivity contribution < 1.29 is 23.1 Å². The molecule has 2 heterocycles. The van der Waals surface area contributed by atoms with E-state index < -0.39 is 22.2 Å². The van der Waals surface area contributed by atoms with Crippen LogP contribution in [0.1, 0.15) is 30.7 Å². The maximum Gasteiger partial charge on any atom is 0.247 e. The second kappa shape index (κ2) is 12.4. The number of aliphatic hydroxyl groups is 1. The number of fused-ring (bicyclic) bond motifs is 1. The number of nitrogens with zero attached hydrogens (tertiary/aromatic N) is 3. The van der Waals surface area contributed by atoms with Gasteiger partial charge in [0.05, 0.1) is 19.6 Å². The molecule has 0 radical (unpaired) electrons. The molecule has 0 spiro atoms. The second-order valence-corrected chi connectivity index (χ2v) is 11.6. The van der Waals surface area contributed by atoms with Gasteiger partial charge in [0.25, 0.3) is 0 Å². The number of ether oxygens (including phenoxy) is 1. The maximum atomic E-state index is 13.7. The first-order valence-electron chi connectivity index (χ1n) is 12.8. The number of carbonyl (C=O) groups is 1. The number of pyridine rings is 1. The summed E-state index contributed by atoms with van der Waals surface area (Å²) in [6.07, 6.45) is 1.29. The Labute approximate surface area is 230 Å². The lowest BCUT2D eigenvalue weighted by atomic mass is 10.0. The normalized spacial score (nSPS) is 19.3. The first-order valence-corrected chi connectivity index (χ1v) is 14.3. The highest BCUT2D eigenvalue weighted by Crippen LogP contribution is 2.34. The van der Waals surface area contributed by atoms with Gasteiger partial charge in [-0.1, -0.05) is 43.0 Å². The highest BCUT2D eigenvalue weighted by atomic mass is 32.2. The van der Waals surface area contributed by atoms with Crippen LogP contribution in [0.2, 0.25) is 0 Å². The molecule has 1 aliphatic heterocycles. The summed E-state index contributed by atoms with van der Waals surface area (Å²) in [5.74, 6) is 5.93. The number of hydrogen-bond donors (Lipinski definition) is 1.